The maximum atomic E-state index is 13.7. The smallest absolute Gasteiger partial charge is 0.261 e. The van der Waals surface area contributed by atoms with Crippen LogP contribution in [0.25, 0.3) is 0 Å². The van der Waals surface area contributed by atoms with Gasteiger partial charge >= 0.3 is 0 Å². The molecule has 104 valence electrons. The average molecular weight is 405 g/mol. The van der Waals surface area contributed by atoms with E-state index in [4.69, 9.17) is 0 Å². The van der Waals surface area contributed by atoms with E-state index in [0.717, 1.165) is 22.2 Å². The average Bonchev–Trinajstić information content (AvgIpc) is 2.32. The summed E-state index contributed by atoms with van der Waals surface area (Å²) in [6.07, 6.45) is 0. The van der Waals surface area contributed by atoms with Crippen LogP contribution in [0.3, 0.4) is 0 Å². The first-order chi connectivity index (χ1) is 9.38. The second-order valence-electron chi connectivity index (χ2n) is 4.16. The predicted octanol–water partition coefficient (Wildman–Crippen LogP) is 5.05. The largest absolute Gasteiger partial charge is 0.322 e. The van der Waals surface area contributed by atoms with Gasteiger partial charge in [0.25, 0.3) is 5.91 Å². The molecule has 0 radical (unpaired) electrons. The van der Waals surface area contributed by atoms with Crippen LogP contribution in [0.1, 0.15) is 15.9 Å². The number of carbonyl (C=O) groups excluding carboxylic acids is 1. The van der Waals surface area contributed by atoms with E-state index in [-0.39, 0.29) is 4.47 Å². The Balaban J connectivity index is 2.36. The number of benzene rings is 2. The maximum Gasteiger partial charge on any atom is 0.261 e. The third kappa shape index (κ3) is 3.24. The van der Waals surface area contributed by atoms with Gasteiger partial charge in [-0.15, -0.1) is 0 Å². The predicted molar refractivity (Wildman–Crippen MR) is 80.9 cm³/mol. The van der Waals surface area contributed by atoms with E-state index in [9.17, 15) is 13.6 Å². The highest BCUT2D eigenvalue weighted by Gasteiger charge is 2.19. The molecular weight excluding hydrogens is 396 g/mol. The lowest BCUT2D eigenvalue weighted by Gasteiger charge is -2.10. The lowest BCUT2D eigenvalue weighted by Crippen LogP contribution is -2.16. The van der Waals surface area contributed by atoms with Crippen LogP contribution in [-0.4, -0.2) is 5.91 Å². The third-order valence-corrected chi connectivity index (χ3v) is 3.63. The molecule has 1 amide bonds. The summed E-state index contributed by atoms with van der Waals surface area (Å²) in [5, 5.41) is 2.50. The second-order valence-corrected chi connectivity index (χ2v) is 5.99. The van der Waals surface area contributed by atoms with Gasteiger partial charge in [-0.05, 0) is 36.8 Å². The molecule has 0 saturated carbocycles. The highest BCUT2D eigenvalue weighted by Crippen LogP contribution is 2.24. The molecule has 0 unspecified atom stereocenters. The van der Waals surface area contributed by atoms with Gasteiger partial charge in [0.15, 0.2) is 0 Å². The number of anilines is 1. The van der Waals surface area contributed by atoms with Crippen molar-refractivity contribution in [3.63, 3.8) is 0 Å². The Morgan fingerprint density at radius 1 is 1.05 bits per heavy atom. The van der Waals surface area contributed by atoms with Crippen molar-refractivity contribution < 1.29 is 13.6 Å². The van der Waals surface area contributed by atoms with E-state index in [1.807, 2.05) is 6.07 Å². The molecule has 0 spiro atoms. The van der Waals surface area contributed by atoms with Crippen LogP contribution in [0, 0.1) is 18.6 Å². The molecule has 0 fully saturated rings. The quantitative estimate of drug-likeness (QED) is 0.745. The first-order valence-corrected chi connectivity index (χ1v) is 7.19. The highest BCUT2D eigenvalue weighted by atomic mass is 79.9. The Hall–Kier alpha value is -1.27. The van der Waals surface area contributed by atoms with E-state index in [2.05, 4.69) is 37.2 Å². The van der Waals surface area contributed by atoms with Gasteiger partial charge in [-0.2, -0.15) is 0 Å². The lowest BCUT2D eigenvalue weighted by atomic mass is 10.1. The maximum absolute atomic E-state index is 13.7. The van der Waals surface area contributed by atoms with Crippen molar-refractivity contribution in [1.29, 1.82) is 0 Å². The summed E-state index contributed by atoms with van der Waals surface area (Å²) in [5.41, 5.74) is 0.679. The van der Waals surface area contributed by atoms with Crippen molar-refractivity contribution in [1.82, 2.24) is 0 Å². The van der Waals surface area contributed by atoms with Gasteiger partial charge in [-0.25, -0.2) is 8.78 Å². The zero-order chi connectivity index (χ0) is 14.9. The van der Waals surface area contributed by atoms with Crippen molar-refractivity contribution in [2.45, 2.75) is 6.92 Å². The van der Waals surface area contributed by atoms with Crippen LogP contribution in [0.15, 0.2) is 39.3 Å². The zero-order valence-corrected chi connectivity index (χ0v) is 13.5. The van der Waals surface area contributed by atoms with E-state index in [1.165, 1.54) is 0 Å². The SMILES string of the molecule is Cc1ccc(Br)cc1NC(=O)c1c(F)cc(Br)cc1F. The molecule has 0 heterocycles. The lowest BCUT2D eigenvalue weighted by molar-refractivity contribution is 0.101. The fraction of sp³-hybridized carbons (Fsp3) is 0.0714. The molecule has 0 atom stereocenters. The highest BCUT2D eigenvalue weighted by molar-refractivity contribution is 9.10. The first-order valence-electron chi connectivity index (χ1n) is 5.60. The molecule has 6 heteroatoms. The van der Waals surface area contributed by atoms with Crippen LogP contribution in [0.2, 0.25) is 0 Å². The number of amides is 1. The van der Waals surface area contributed by atoms with Gasteiger partial charge in [0.2, 0.25) is 0 Å². The molecule has 0 bridgehead atoms. The van der Waals surface area contributed by atoms with Crippen LogP contribution < -0.4 is 5.32 Å². The summed E-state index contributed by atoms with van der Waals surface area (Å²) in [5.74, 6) is -2.65. The molecule has 0 saturated heterocycles. The van der Waals surface area contributed by atoms with Gasteiger partial charge in [0.1, 0.15) is 17.2 Å². The van der Waals surface area contributed by atoms with Gasteiger partial charge in [-0.3, -0.25) is 4.79 Å². The summed E-state index contributed by atoms with van der Waals surface area (Å²) >= 11 is 6.24. The third-order valence-electron chi connectivity index (χ3n) is 2.68. The first kappa shape index (κ1) is 15.1. The molecule has 2 aromatic rings. The molecule has 0 aliphatic rings. The number of aryl methyl sites for hydroxylation is 1. The van der Waals surface area contributed by atoms with Gasteiger partial charge in [0, 0.05) is 14.6 Å². The molecular formula is C14H9Br2F2NO. The number of nitrogens with one attached hydrogen (secondary N) is 1. The fourth-order valence-corrected chi connectivity index (χ4v) is 2.44. The minimum atomic E-state index is -0.915. The summed E-state index contributed by atoms with van der Waals surface area (Å²) in [7, 11) is 0. The Kier molecular flexibility index (Phi) is 4.55. The minimum Gasteiger partial charge on any atom is -0.322 e. The van der Waals surface area contributed by atoms with Crippen LogP contribution in [0.5, 0.6) is 0 Å². The van der Waals surface area contributed by atoms with E-state index >= 15 is 0 Å². The monoisotopic (exact) mass is 403 g/mol. The Morgan fingerprint density at radius 3 is 2.25 bits per heavy atom. The molecule has 20 heavy (non-hydrogen) atoms. The van der Waals surface area contributed by atoms with Gasteiger partial charge in [-0.1, -0.05) is 37.9 Å². The van der Waals surface area contributed by atoms with Crippen molar-refractivity contribution in [3.05, 3.63) is 62.0 Å². The summed E-state index contributed by atoms with van der Waals surface area (Å²) in [4.78, 5) is 12.0. The van der Waals surface area contributed by atoms with Crippen LogP contribution >= 0.6 is 31.9 Å². The Labute approximate surface area is 131 Å². The summed E-state index contributed by atoms with van der Waals surface area (Å²) in [6.45, 7) is 1.79. The minimum absolute atomic E-state index is 0.239. The summed E-state index contributed by atoms with van der Waals surface area (Å²) in [6, 6.07) is 7.36. The molecule has 0 aliphatic carbocycles. The molecule has 2 rings (SSSR count). The standard InChI is InChI=1S/C14H9Br2F2NO/c1-7-2-3-8(15)6-12(7)19-14(20)13-10(17)4-9(16)5-11(13)18/h2-6H,1H3,(H,19,20). The second kappa shape index (κ2) is 6.01. The van der Waals surface area contributed by atoms with Crippen LogP contribution in [0.4, 0.5) is 14.5 Å². The van der Waals surface area contributed by atoms with Gasteiger partial charge < -0.3 is 5.32 Å². The molecule has 1 N–H and O–H groups in total. The molecule has 2 nitrogen and oxygen atoms in total. The topological polar surface area (TPSA) is 29.1 Å². The van der Waals surface area contributed by atoms with Crippen molar-refractivity contribution in [2.75, 3.05) is 5.32 Å². The van der Waals surface area contributed by atoms with E-state index in [0.29, 0.717) is 5.69 Å². The fourth-order valence-electron chi connectivity index (χ4n) is 1.67. The Morgan fingerprint density at radius 2 is 1.65 bits per heavy atom. The number of rotatable bonds is 2. The Bertz CT molecular complexity index is 666. The normalized spacial score (nSPS) is 10.4. The summed E-state index contributed by atoms with van der Waals surface area (Å²) < 4.78 is 28.4. The van der Waals surface area contributed by atoms with E-state index in [1.54, 1.807) is 19.1 Å². The van der Waals surface area contributed by atoms with Crippen molar-refractivity contribution in [2.24, 2.45) is 0 Å². The van der Waals surface area contributed by atoms with Crippen LogP contribution in [-0.2, 0) is 0 Å². The van der Waals surface area contributed by atoms with Crippen molar-refractivity contribution in [3.8, 4) is 0 Å². The molecule has 0 aliphatic heterocycles. The molecule has 2 aromatic carbocycles. The number of hydrogen-bond donors (Lipinski definition) is 1. The number of halogens is 4. The molecule has 0 aromatic heterocycles. The van der Waals surface area contributed by atoms with E-state index < -0.39 is 23.1 Å². The number of hydrogen-bond acceptors (Lipinski definition) is 1. The van der Waals surface area contributed by atoms with Gasteiger partial charge in [0.05, 0.1) is 0 Å². The number of carbonyl (C=O) groups is 1. The zero-order valence-electron chi connectivity index (χ0n) is 10.3. The van der Waals surface area contributed by atoms with Crippen molar-refractivity contribution >= 4 is 43.5 Å².